The molecule has 2 aromatic rings. The summed E-state index contributed by atoms with van der Waals surface area (Å²) in [6.45, 7) is 2.57. The molecule has 2 rings (SSSR count). The van der Waals surface area contributed by atoms with Crippen LogP contribution in [0.25, 0.3) is 0 Å². The first-order valence-corrected chi connectivity index (χ1v) is 7.81. The monoisotopic (exact) mass is 350 g/mol. The van der Waals surface area contributed by atoms with E-state index in [2.05, 4.69) is 10.6 Å². The number of aryl methyl sites for hydroxylation is 1. The highest BCUT2D eigenvalue weighted by atomic mass is 35.5. The van der Waals surface area contributed by atoms with E-state index in [1.807, 2.05) is 25.1 Å². The fourth-order valence-electron chi connectivity index (χ4n) is 1.98. The quantitative estimate of drug-likeness (QED) is 0.811. The van der Waals surface area contributed by atoms with E-state index >= 15 is 0 Å². The van der Waals surface area contributed by atoms with Gasteiger partial charge in [-0.1, -0.05) is 40.9 Å². The Morgan fingerprint density at radius 3 is 2.04 bits per heavy atom. The molecule has 0 fully saturated rings. The zero-order valence-corrected chi connectivity index (χ0v) is 14.0. The highest BCUT2D eigenvalue weighted by molar-refractivity contribution is 6.42. The molecule has 0 bridgehead atoms. The Morgan fingerprint density at radius 1 is 0.870 bits per heavy atom. The molecule has 2 N–H and O–H groups in total. The predicted octanol–water partition coefficient (Wildman–Crippen LogP) is 3.46. The largest absolute Gasteiger partial charge is 0.350 e. The van der Waals surface area contributed by atoms with Crippen LogP contribution in [0.3, 0.4) is 0 Å². The third-order valence-corrected chi connectivity index (χ3v) is 3.90. The number of nitrogens with one attached hydrogen (secondary N) is 2. The van der Waals surface area contributed by atoms with E-state index in [1.165, 1.54) is 6.07 Å². The molecular weight excluding hydrogens is 335 g/mol. The van der Waals surface area contributed by atoms with Crippen LogP contribution in [0.15, 0.2) is 42.5 Å². The van der Waals surface area contributed by atoms with Crippen LogP contribution in [0.4, 0.5) is 0 Å². The molecule has 6 heteroatoms. The lowest BCUT2D eigenvalue weighted by Gasteiger charge is -2.08. The van der Waals surface area contributed by atoms with Gasteiger partial charge >= 0.3 is 0 Å². The Hall–Kier alpha value is -2.04. The molecule has 2 aromatic carbocycles. The van der Waals surface area contributed by atoms with Crippen LogP contribution < -0.4 is 10.6 Å². The van der Waals surface area contributed by atoms with Crippen molar-refractivity contribution in [3.8, 4) is 0 Å². The summed E-state index contributed by atoms with van der Waals surface area (Å²) in [5, 5.41) is 6.18. The Bertz CT molecular complexity index is 732. The second kappa shape index (κ2) is 7.99. The molecule has 2 amide bonds. The smallest absolute Gasteiger partial charge is 0.251 e. The van der Waals surface area contributed by atoms with E-state index in [0.717, 1.165) is 5.56 Å². The van der Waals surface area contributed by atoms with Crippen molar-refractivity contribution in [2.45, 2.75) is 6.92 Å². The van der Waals surface area contributed by atoms with E-state index in [-0.39, 0.29) is 11.8 Å². The van der Waals surface area contributed by atoms with Crippen LogP contribution in [0, 0.1) is 6.92 Å². The van der Waals surface area contributed by atoms with Crippen molar-refractivity contribution < 1.29 is 9.59 Å². The molecule has 0 saturated heterocycles. The first-order chi connectivity index (χ1) is 11.0. The average Bonchev–Trinajstić information content (AvgIpc) is 2.53. The van der Waals surface area contributed by atoms with E-state index in [0.29, 0.717) is 34.3 Å². The van der Waals surface area contributed by atoms with Crippen LogP contribution in [0.5, 0.6) is 0 Å². The van der Waals surface area contributed by atoms with Gasteiger partial charge in [-0.25, -0.2) is 0 Å². The maximum Gasteiger partial charge on any atom is 0.251 e. The molecule has 120 valence electrons. The molecule has 0 aliphatic rings. The summed E-state index contributed by atoms with van der Waals surface area (Å²) in [5.74, 6) is -0.439. The van der Waals surface area contributed by atoms with Gasteiger partial charge in [-0.05, 0) is 37.3 Å². The van der Waals surface area contributed by atoms with Crippen molar-refractivity contribution in [1.82, 2.24) is 10.6 Å². The lowest BCUT2D eigenvalue weighted by molar-refractivity contribution is 0.0927. The van der Waals surface area contributed by atoms with E-state index < -0.39 is 0 Å². The summed E-state index contributed by atoms with van der Waals surface area (Å²) >= 11 is 11.7. The summed E-state index contributed by atoms with van der Waals surface area (Å²) in [7, 11) is 0. The normalized spacial score (nSPS) is 10.2. The molecule has 0 heterocycles. The minimum absolute atomic E-state index is 0.169. The standard InChI is InChI=1S/C17H16Cl2N2O2/c1-11-3-2-4-12(9-11)16(22)20-7-8-21-17(23)13-5-6-14(18)15(19)10-13/h2-6,9-10H,7-8H2,1H3,(H,20,22)(H,21,23). The fourth-order valence-corrected chi connectivity index (χ4v) is 2.28. The van der Waals surface area contributed by atoms with Crippen molar-refractivity contribution in [2.24, 2.45) is 0 Å². The summed E-state index contributed by atoms with van der Waals surface area (Å²) in [6.07, 6.45) is 0. The predicted molar refractivity (Wildman–Crippen MR) is 92.3 cm³/mol. The zero-order valence-electron chi connectivity index (χ0n) is 12.5. The summed E-state index contributed by atoms with van der Waals surface area (Å²) < 4.78 is 0. The van der Waals surface area contributed by atoms with Gasteiger partial charge in [-0.15, -0.1) is 0 Å². The van der Waals surface area contributed by atoms with E-state index in [9.17, 15) is 9.59 Å². The summed E-state index contributed by atoms with van der Waals surface area (Å²) in [6, 6.07) is 12.0. The van der Waals surface area contributed by atoms with Crippen molar-refractivity contribution >= 4 is 35.0 Å². The topological polar surface area (TPSA) is 58.2 Å². The summed E-state index contributed by atoms with van der Waals surface area (Å²) in [5.41, 5.74) is 2.04. The van der Waals surface area contributed by atoms with Crippen molar-refractivity contribution in [2.75, 3.05) is 13.1 Å². The number of hydrogen-bond donors (Lipinski definition) is 2. The van der Waals surface area contributed by atoms with Gasteiger partial charge in [-0.3, -0.25) is 9.59 Å². The second-order valence-corrected chi connectivity index (χ2v) is 5.82. The van der Waals surface area contributed by atoms with Crippen LogP contribution >= 0.6 is 23.2 Å². The van der Waals surface area contributed by atoms with Gasteiger partial charge < -0.3 is 10.6 Å². The molecule has 0 aromatic heterocycles. The molecule has 0 atom stereocenters. The van der Waals surface area contributed by atoms with Crippen molar-refractivity contribution in [3.05, 3.63) is 69.2 Å². The molecule has 23 heavy (non-hydrogen) atoms. The molecular formula is C17H16Cl2N2O2. The molecule has 0 aliphatic carbocycles. The van der Waals surface area contributed by atoms with Crippen LogP contribution in [0.2, 0.25) is 10.0 Å². The number of amides is 2. The van der Waals surface area contributed by atoms with Gasteiger partial charge in [0, 0.05) is 24.2 Å². The van der Waals surface area contributed by atoms with Crippen molar-refractivity contribution in [3.63, 3.8) is 0 Å². The molecule has 0 saturated carbocycles. The van der Waals surface area contributed by atoms with Gasteiger partial charge in [0.1, 0.15) is 0 Å². The average molecular weight is 351 g/mol. The lowest BCUT2D eigenvalue weighted by atomic mass is 10.1. The number of benzene rings is 2. The molecule has 0 aliphatic heterocycles. The lowest BCUT2D eigenvalue weighted by Crippen LogP contribution is -2.34. The molecule has 4 nitrogen and oxygen atoms in total. The SMILES string of the molecule is Cc1cccc(C(=O)NCCNC(=O)c2ccc(Cl)c(Cl)c2)c1. The third-order valence-electron chi connectivity index (χ3n) is 3.16. The zero-order chi connectivity index (χ0) is 16.8. The van der Waals surface area contributed by atoms with Crippen LogP contribution in [0.1, 0.15) is 26.3 Å². The summed E-state index contributed by atoms with van der Waals surface area (Å²) in [4.78, 5) is 23.9. The number of carbonyl (C=O) groups is 2. The van der Waals surface area contributed by atoms with Crippen LogP contribution in [-0.4, -0.2) is 24.9 Å². The minimum Gasteiger partial charge on any atom is -0.350 e. The molecule has 0 radical (unpaired) electrons. The van der Waals surface area contributed by atoms with Gasteiger partial charge in [0.25, 0.3) is 11.8 Å². The molecule has 0 unspecified atom stereocenters. The van der Waals surface area contributed by atoms with E-state index in [1.54, 1.807) is 18.2 Å². The van der Waals surface area contributed by atoms with Gasteiger partial charge in [0.15, 0.2) is 0 Å². The molecule has 0 spiro atoms. The number of halogens is 2. The minimum atomic E-state index is -0.270. The Morgan fingerprint density at radius 2 is 1.48 bits per heavy atom. The maximum absolute atomic E-state index is 11.9. The number of carbonyl (C=O) groups excluding carboxylic acids is 2. The number of rotatable bonds is 5. The Kier molecular flexibility index (Phi) is 6.02. The first kappa shape index (κ1) is 17.3. The van der Waals surface area contributed by atoms with Gasteiger partial charge in [0.05, 0.1) is 10.0 Å². The van der Waals surface area contributed by atoms with E-state index in [4.69, 9.17) is 23.2 Å². The Labute approximate surface area is 144 Å². The fraction of sp³-hybridized carbons (Fsp3) is 0.176. The highest BCUT2D eigenvalue weighted by Crippen LogP contribution is 2.22. The van der Waals surface area contributed by atoms with Gasteiger partial charge in [-0.2, -0.15) is 0 Å². The maximum atomic E-state index is 11.9. The number of hydrogen-bond acceptors (Lipinski definition) is 2. The van der Waals surface area contributed by atoms with Gasteiger partial charge in [0.2, 0.25) is 0 Å². The first-order valence-electron chi connectivity index (χ1n) is 7.05. The van der Waals surface area contributed by atoms with Crippen molar-refractivity contribution in [1.29, 1.82) is 0 Å². The highest BCUT2D eigenvalue weighted by Gasteiger charge is 2.08. The Balaban J connectivity index is 1.79. The van der Waals surface area contributed by atoms with Crippen LogP contribution in [-0.2, 0) is 0 Å². The second-order valence-electron chi connectivity index (χ2n) is 5.01. The third kappa shape index (κ3) is 4.98.